The van der Waals surface area contributed by atoms with Crippen LogP contribution in [0.3, 0.4) is 0 Å². The van der Waals surface area contributed by atoms with Gasteiger partial charge in [-0.15, -0.1) is 0 Å². The summed E-state index contributed by atoms with van der Waals surface area (Å²) in [5.74, 6) is 3.78. The fourth-order valence-electron chi connectivity index (χ4n) is 7.90. The van der Waals surface area contributed by atoms with Gasteiger partial charge in [0.05, 0.1) is 16.8 Å². The molecule has 0 saturated carbocycles. The van der Waals surface area contributed by atoms with E-state index in [2.05, 4.69) is 76.6 Å². The molecule has 0 fully saturated rings. The van der Waals surface area contributed by atoms with Gasteiger partial charge < -0.3 is 14.8 Å². The van der Waals surface area contributed by atoms with Crippen LogP contribution in [0, 0.1) is 31.6 Å². The van der Waals surface area contributed by atoms with E-state index in [1.807, 2.05) is 26.0 Å². The van der Waals surface area contributed by atoms with Crippen molar-refractivity contribution in [3.8, 4) is 45.8 Å². The minimum atomic E-state index is 0.220. The molecule has 4 aromatic rings. The van der Waals surface area contributed by atoms with E-state index in [4.69, 9.17) is 15.0 Å². The Morgan fingerprint density at radius 3 is 1.42 bits per heavy atom. The molecule has 0 saturated heterocycles. The van der Waals surface area contributed by atoms with Gasteiger partial charge in [-0.2, -0.15) is 0 Å². The van der Waals surface area contributed by atoms with E-state index in [1.165, 1.54) is 81.8 Å². The lowest BCUT2D eigenvalue weighted by molar-refractivity contribution is 0.393. The summed E-state index contributed by atoms with van der Waals surface area (Å²) in [6, 6.07) is 12.4. The Hall–Kier alpha value is -3.67. The summed E-state index contributed by atoms with van der Waals surface area (Å²) in [7, 11) is 0. The van der Waals surface area contributed by atoms with Crippen molar-refractivity contribution >= 4 is 0 Å². The molecular weight excluding hydrogens is 653 g/mol. The van der Waals surface area contributed by atoms with E-state index in [9.17, 15) is 10.2 Å². The van der Waals surface area contributed by atoms with E-state index in [-0.39, 0.29) is 11.5 Å². The van der Waals surface area contributed by atoms with Crippen LogP contribution >= 0.6 is 0 Å². The number of benzene rings is 2. The molecule has 0 aliphatic carbocycles. The van der Waals surface area contributed by atoms with Crippen LogP contribution in [-0.2, 0) is 19.4 Å². The Morgan fingerprint density at radius 2 is 0.981 bits per heavy atom. The molecule has 2 heterocycles. The van der Waals surface area contributed by atoms with Gasteiger partial charge in [0.15, 0.2) is 17.5 Å². The number of unbranched alkanes of at least 4 members (excludes halogenated alkanes) is 3. The third kappa shape index (κ3) is 11.2. The Labute approximate surface area is 321 Å². The number of aromatic hydroxyl groups is 2. The minimum absolute atomic E-state index is 0.220. The van der Waals surface area contributed by atoms with Crippen molar-refractivity contribution in [2.45, 2.75) is 165 Å². The van der Waals surface area contributed by atoms with Gasteiger partial charge in [0, 0.05) is 12.7 Å². The average molecular weight is 723 g/mol. The normalized spacial score (nSPS) is 13.4. The van der Waals surface area contributed by atoms with Crippen molar-refractivity contribution in [2.75, 3.05) is 0 Å². The van der Waals surface area contributed by atoms with E-state index in [0.29, 0.717) is 46.4 Å². The first-order valence-electron chi connectivity index (χ1n) is 21.2. The van der Waals surface area contributed by atoms with Gasteiger partial charge in [-0.3, -0.25) is 0 Å². The van der Waals surface area contributed by atoms with Gasteiger partial charge in [-0.25, -0.2) is 15.0 Å². The van der Waals surface area contributed by atoms with Crippen LogP contribution in [0.4, 0.5) is 0 Å². The number of hydrogen-bond acceptors (Lipinski definition) is 5. The maximum absolute atomic E-state index is 11.7. The zero-order chi connectivity index (χ0) is 38.3. The molecule has 6 heteroatoms. The first-order valence-corrected chi connectivity index (χ1v) is 21.2. The number of aryl methyl sites for hydroxylation is 2. The summed E-state index contributed by atoms with van der Waals surface area (Å²) in [4.78, 5) is 15.1. The monoisotopic (exact) mass is 723 g/mol. The van der Waals surface area contributed by atoms with Crippen molar-refractivity contribution in [2.24, 2.45) is 17.8 Å². The van der Waals surface area contributed by atoms with Gasteiger partial charge in [0.2, 0.25) is 0 Å². The number of hydrogen-bond donors (Lipinski definition) is 2. The van der Waals surface area contributed by atoms with E-state index in [0.717, 1.165) is 55.5 Å². The molecule has 6 nitrogen and oxygen atoms in total. The van der Waals surface area contributed by atoms with E-state index in [1.54, 1.807) is 0 Å². The highest BCUT2D eigenvalue weighted by atomic mass is 16.3. The van der Waals surface area contributed by atoms with Gasteiger partial charge in [-0.05, 0) is 110 Å². The van der Waals surface area contributed by atoms with Crippen molar-refractivity contribution in [3.05, 3.63) is 64.8 Å². The topological polar surface area (TPSA) is 84.1 Å². The average Bonchev–Trinajstić information content (AvgIpc) is 3.64. The van der Waals surface area contributed by atoms with Gasteiger partial charge in [-0.1, -0.05) is 124 Å². The van der Waals surface area contributed by atoms with E-state index < -0.39 is 0 Å². The van der Waals surface area contributed by atoms with Crippen LogP contribution in [0.5, 0.6) is 11.5 Å². The summed E-state index contributed by atoms with van der Waals surface area (Å²) in [5.41, 5.74) is 6.21. The van der Waals surface area contributed by atoms with Crippen molar-refractivity contribution in [1.82, 2.24) is 19.5 Å². The maximum atomic E-state index is 11.7. The number of phenolic OH excluding ortho intramolecular Hbond substituents is 2. The van der Waals surface area contributed by atoms with Crippen molar-refractivity contribution < 1.29 is 10.2 Å². The fraction of sp³-hybridized carbons (Fsp3) is 0.596. The second kappa shape index (κ2) is 21.3. The lowest BCUT2D eigenvalue weighted by Crippen LogP contribution is -2.12. The number of nitrogens with zero attached hydrogens (tertiary/aromatic N) is 4. The molecule has 2 aromatic heterocycles. The van der Waals surface area contributed by atoms with Crippen LogP contribution in [0.2, 0.25) is 0 Å². The molecule has 0 bridgehead atoms. The van der Waals surface area contributed by atoms with Crippen LogP contribution in [-0.4, -0.2) is 29.7 Å². The molecular formula is C47H70N4O2. The quantitative estimate of drug-likeness (QED) is 0.0796. The van der Waals surface area contributed by atoms with Crippen LogP contribution < -0.4 is 0 Å². The number of aromatic nitrogens is 4. The third-order valence-electron chi connectivity index (χ3n) is 12.0. The lowest BCUT2D eigenvalue weighted by Gasteiger charge is -2.19. The molecule has 0 amide bonds. The Kier molecular flexibility index (Phi) is 16.9. The second-order valence-electron chi connectivity index (χ2n) is 15.7. The predicted molar refractivity (Wildman–Crippen MR) is 223 cm³/mol. The molecule has 290 valence electrons. The second-order valence-corrected chi connectivity index (χ2v) is 15.7. The van der Waals surface area contributed by atoms with E-state index >= 15 is 0 Å². The summed E-state index contributed by atoms with van der Waals surface area (Å²) < 4.78 is 2.26. The Bertz CT molecular complexity index is 1620. The van der Waals surface area contributed by atoms with Crippen LogP contribution in [0.15, 0.2) is 42.6 Å². The smallest absolute Gasteiger partial charge is 0.180 e. The van der Waals surface area contributed by atoms with Gasteiger partial charge in [0.1, 0.15) is 11.5 Å². The predicted octanol–water partition coefficient (Wildman–Crippen LogP) is 13.2. The first kappa shape index (κ1) is 42.1. The highest BCUT2D eigenvalue weighted by Crippen LogP contribution is 2.38. The molecule has 3 atom stereocenters. The third-order valence-corrected chi connectivity index (χ3v) is 12.0. The molecule has 0 aliphatic rings. The van der Waals surface area contributed by atoms with Crippen molar-refractivity contribution in [3.63, 3.8) is 0 Å². The van der Waals surface area contributed by atoms with Crippen LogP contribution in [0.25, 0.3) is 34.3 Å². The largest absolute Gasteiger partial charge is 0.507 e. The molecule has 3 unspecified atom stereocenters. The zero-order valence-electron chi connectivity index (χ0n) is 34.5. The highest BCUT2D eigenvalue weighted by Gasteiger charge is 2.22. The molecule has 2 aromatic carbocycles. The summed E-state index contributed by atoms with van der Waals surface area (Å²) in [6.45, 7) is 18.5. The Morgan fingerprint density at radius 1 is 0.547 bits per heavy atom. The lowest BCUT2D eigenvalue weighted by atomic mass is 9.90. The number of rotatable bonds is 23. The molecule has 0 spiro atoms. The van der Waals surface area contributed by atoms with Gasteiger partial charge >= 0.3 is 0 Å². The summed E-state index contributed by atoms with van der Waals surface area (Å²) in [5, 5.41) is 23.4. The summed E-state index contributed by atoms with van der Waals surface area (Å²) in [6.07, 6.45) is 20.8. The molecule has 2 N–H and O–H groups in total. The standard InChI is InChI=1S/C47H70N4O2/c1-9-15-19-35(12-4)23-25-38-27-29-40(43(52)33(38)7)45-48-46(41-30-28-39(34(8)44(41)53)26-24-36(13-5)20-16-10-2)50-47(49-45)42-22-18-31-51(42)32-37(14-6)21-17-11-3/h18,22,27-31,35-37,52-53H,9-17,19-21,23-26,32H2,1-8H3. The highest BCUT2D eigenvalue weighted by molar-refractivity contribution is 5.73. The fourth-order valence-corrected chi connectivity index (χ4v) is 7.90. The number of phenols is 2. The SMILES string of the molecule is CCCCC(CC)CCc1ccc(-c2nc(-c3ccc(CCC(CC)CCCC)c(C)c3O)nc(-c3cccn3CC(CC)CCCC)n2)c(O)c1C. The van der Waals surface area contributed by atoms with Crippen molar-refractivity contribution in [1.29, 1.82) is 0 Å². The summed E-state index contributed by atoms with van der Waals surface area (Å²) >= 11 is 0. The molecule has 0 aliphatic heterocycles. The minimum Gasteiger partial charge on any atom is -0.507 e. The first-order chi connectivity index (χ1) is 25.7. The zero-order valence-corrected chi connectivity index (χ0v) is 34.5. The molecule has 4 rings (SSSR count). The molecule has 53 heavy (non-hydrogen) atoms. The maximum Gasteiger partial charge on any atom is 0.180 e. The Balaban J connectivity index is 1.77. The van der Waals surface area contributed by atoms with Gasteiger partial charge in [0.25, 0.3) is 0 Å². The molecule has 0 radical (unpaired) electrons. The van der Waals surface area contributed by atoms with Crippen LogP contribution in [0.1, 0.15) is 154 Å².